The highest BCUT2D eigenvalue weighted by atomic mass is 16.5. The molecule has 5 heteroatoms. The lowest BCUT2D eigenvalue weighted by Gasteiger charge is -2.36. The molecule has 2 heterocycles. The maximum Gasteiger partial charge on any atom is 0.356 e. The first-order valence-corrected chi connectivity index (χ1v) is 7.69. The Morgan fingerprint density at radius 1 is 1.05 bits per heavy atom. The summed E-state index contributed by atoms with van der Waals surface area (Å²) in [5.74, 6) is -0.182. The van der Waals surface area contributed by atoms with E-state index in [1.54, 1.807) is 0 Å². The summed E-state index contributed by atoms with van der Waals surface area (Å²) >= 11 is 0. The molecule has 114 valence electrons. The minimum Gasteiger partial charge on any atom is -0.461 e. The summed E-state index contributed by atoms with van der Waals surface area (Å²) in [5, 5.41) is 0. The van der Waals surface area contributed by atoms with E-state index in [0.717, 1.165) is 63.6 Å². The van der Waals surface area contributed by atoms with E-state index in [2.05, 4.69) is 9.80 Å². The number of hydrogen-bond acceptors (Lipinski definition) is 5. The van der Waals surface area contributed by atoms with Crippen molar-refractivity contribution in [3.8, 4) is 0 Å². The van der Waals surface area contributed by atoms with Gasteiger partial charge in [-0.05, 0) is 33.1 Å². The summed E-state index contributed by atoms with van der Waals surface area (Å²) < 4.78 is 10.7. The van der Waals surface area contributed by atoms with Crippen molar-refractivity contribution < 1.29 is 14.3 Å². The Labute approximate surface area is 121 Å². The molecule has 0 spiro atoms. The Morgan fingerprint density at radius 2 is 1.70 bits per heavy atom. The number of allylic oxidation sites excluding steroid dienone is 1. The minimum absolute atomic E-state index is 0.182. The number of rotatable bonds is 4. The molecule has 2 fully saturated rings. The van der Waals surface area contributed by atoms with Crippen LogP contribution in [0.4, 0.5) is 0 Å². The second-order valence-electron chi connectivity index (χ2n) is 5.30. The molecular formula is C15H26N2O3. The fraction of sp³-hybridized carbons (Fsp3) is 0.800. The average Bonchev–Trinajstić information content (AvgIpc) is 2.50. The Hall–Kier alpha value is -1.23. The molecule has 0 bridgehead atoms. The van der Waals surface area contributed by atoms with Gasteiger partial charge in [0.1, 0.15) is 5.70 Å². The number of carbonyl (C=O) groups is 1. The maximum atomic E-state index is 12.3. The summed E-state index contributed by atoms with van der Waals surface area (Å²) in [4.78, 5) is 16.8. The van der Waals surface area contributed by atoms with Gasteiger partial charge in [-0.3, -0.25) is 0 Å². The van der Waals surface area contributed by atoms with Gasteiger partial charge in [0.15, 0.2) is 0 Å². The smallest absolute Gasteiger partial charge is 0.356 e. The maximum absolute atomic E-state index is 12.3. The van der Waals surface area contributed by atoms with Crippen LogP contribution in [0.25, 0.3) is 0 Å². The summed E-state index contributed by atoms with van der Waals surface area (Å²) in [7, 11) is 0. The molecule has 0 aromatic rings. The molecule has 2 rings (SSSR count). The second kappa shape index (κ2) is 7.53. The zero-order chi connectivity index (χ0) is 14.4. The van der Waals surface area contributed by atoms with Gasteiger partial charge in [-0.2, -0.15) is 0 Å². The number of hydrogen-bond donors (Lipinski definition) is 0. The molecule has 0 amide bonds. The van der Waals surface area contributed by atoms with Crippen LogP contribution in [0.2, 0.25) is 0 Å². The number of ether oxygens (including phenoxy) is 2. The lowest BCUT2D eigenvalue weighted by atomic mass is 10.1. The zero-order valence-corrected chi connectivity index (χ0v) is 12.7. The van der Waals surface area contributed by atoms with E-state index in [4.69, 9.17) is 9.47 Å². The molecule has 0 unspecified atom stereocenters. The minimum atomic E-state index is -0.182. The van der Waals surface area contributed by atoms with Crippen molar-refractivity contribution in [3.05, 3.63) is 11.4 Å². The van der Waals surface area contributed by atoms with E-state index in [-0.39, 0.29) is 5.97 Å². The van der Waals surface area contributed by atoms with Crippen molar-refractivity contribution in [1.29, 1.82) is 0 Å². The molecule has 0 aliphatic carbocycles. The van der Waals surface area contributed by atoms with Crippen LogP contribution >= 0.6 is 0 Å². The number of morpholine rings is 1. The Morgan fingerprint density at radius 3 is 2.30 bits per heavy atom. The van der Waals surface area contributed by atoms with Gasteiger partial charge in [0, 0.05) is 31.9 Å². The molecule has 2 saturated heterocycles. The zero-order valence-electron chi connectivity index (χ0n) is 12.7. The largest absolute Gasteiger partial charge is 0.461 e. The first kappa shape index (κ1) is 15.2. The number of piperidine rings is 1. The van der Waals surface area contributed by atoms with Crippen LogP contribution < -0.4 is 0 Å². The fourth-order valence-corrected chi connectivity index (χ4v) is 2.87. The Bertz CT molecular complexity index is 356. The normalized spacial score (nSPS) is 21.5. The molecule has 0 aromatic carbocycles. The van der Waals surface area contributed by atoms with Crippen molar-refractivity contribution in [2.75, 3.05) is 46.0 Å². The molecule has 0 aromatic heterocycles. The van der Waals surface area contributed by atoms with E-state index in [1.165, 1.54) is 6.42 Å². The van der Waals surface area contributed by atoms with Crippen molar-refractivity contribution in [2.24, 2.45) is 0 Å². The van der Waals surface area contributed by atoms with Gasteiger partial charge in [-0.15, -0.1) is 0 Å². The van der Waals surface area contributed by atoms with Crippen LogP contribution in [-0.4, -0.2) is 61.8 Å². The molecule has 5 nitrogen and oxygen atoms in total. The number of carbonyl (C=O) groups excluding carboxylic acids is 1. The van der Waals surface area contributed by atoms with Gasteiger partial charge in [-0.1, -0.05) is 0 Å². The lowest BCUT2D eigenvalue weighted by molar-refractivity contribution is -0.140. The van der Waals surface area contributed by atoms with E-state index >= 15 is 0 Å². The van der Waals surface area contributed by atoms with Gasteiger partial charge in [-0.25, -0.2) is 4.79 Å². The van der Waals surface area contributed by atoms with Gasteiger partial charge in [0.2, 0.25) is 0 Å². The molecule has 0 N–H and O–H groups in total. The first-order chi connectivity index (χ1) is 9.74. The molecule has 2 aliphatic heterocycles. The first-order valence-electron chi connectivity index (χ1n) is 7.69. The van der Waals surface area contributed by atoms with Gasteiger partial charge < -0.3 is 19.3 Å². The average molecular weight is 282 g/mol. The SMILES string of the molecule is CCOC(=O)/C(=C(/C)N1CCOCC1)N1CCCCC1. The number of nitrogens with zero attached hydrogens (tertiary/aromatic N) is 2. The summed E-state index contributed by atoms with van der Waals surface area (Å²) in [5.41, 5.74) is 1.79. The van der Waals surface area contributed by atoms with E-state index in [9.17, 15) is 4.79 Å². The van der Waals surface area contributed by atoms with E-state index in [1.807, 2.05) is 13.8 Å². The van der Waals surface area contributed by atoms with Gasteiger partial charge in [0.25, 0.3) is 0 Å². The van der Waals surface area contributed by atoms with Crippen molar-refractivity contribution in [2.45, 2.75) is 33.1 Å². The number of likely N-dealkylation sites (tertiary alicyclic amines) is 1. The third kappa shape index (κ3) is 3.66. The van der Waals surface area contributed by atoms with Crippen LogP contribution in [-0.2, 0) is 14.3 Å². The third-order valence-corrected chi connectivity index (χ3v) is 3.97. The van der Waals surface area contributed by atoms with Crippen molar-refractivity contribution >= 4 is 5.97 Å². The lowest BCUT2D eigenvalue weighted by Crippen LogP contribution is -2.40. The summed E-state index contributed by atoms with van der Waals surface area (Å²) in [6.45, 7) is 9.38. The summed E-state index contributed by atoms with van der Waals surface area (Å²) in [6, 6.07) is 0. The molecular weight excluding hydrogens is 256 g/mol. The highest BCUT2D eigenvalue weighted by molar-refractivity contribution is 5.88. The molecule has 20 heavy (non-hydrogen) atoms. The van der Waals surface area contributed by atoms with Crippen LogP contribution in [0, 0.1) is 0 Å². The predicted octanol–water partition coefficient (Wildman–Crippen LogP) is 1.60. The Kier molecular flexibility index (Phi) is 5.71. The summed E-state index contributed by atoms with van der Waals surface area (Å²) in [6.07, 6.45) is 3.56. The highest BCUT2D eigenvalue weighted by Crippen LogP contribution is 2.21. The van der Waals surface area contributed by atoms with E-state index in [0.29, 0.717) is 6.61 Å². The van der Waals surface area contributed by atoms with E-state index < -0.39 is 0 Å². The molecule has 0 saturated carbocycles. The topological polar surface area (TPSA) is 42.0 Å². The van der Waals surface area contributed by atoms with Gasteiger partial charge in [0.05, 0.1) is 19.8 Å². The highest BCUT2D eigenvalue weighted by Gasteiger charge is 2.26. The Balaban J connectivity index is 2.20. The standard InChI is InChI=1S/C15H26N2O3/c1-3-20-15(18)14(17-7-5-4-6-8-17)13(2)16-9-11-19-12-10-16/h3-12H2,1-2H3/b14-13+. The van der Waals surface area contributed by atoms with Crippen LogP contribution in [0.15, 0.2) is 11.4 Å². The molecule has 2 aliphatic rings. The quantitative estimate of drug-likeness (QED) is 0.579. The molecule has 0 atom stereocenters. The molecule has 0 radical (unpaired) electrons. The van der Waals surface area contributed by atoms with Crippen LogP contribution in [0.5, 0.6) is 0 Å². The van der Waals surface area contributed by atoms with Crippen LogP contribution in [0.3, 0.4) is 0 Å². The predicted molar refractivity (Wildman–Crippen MR) is 77.1 cm³/mol. The monoisotopic (exact) mass is 282 g/mol. The van der Waals surface area contributed by atoms with Crippen molar-refractivity contribution in [3.63, 3.8) is 0 Å². The van der Waals surface area contributed by atoms with Gasteiger partial charge >= 0.3 is 5.97 Å². The fourth-order valence-electron chi connectivity index (χ4n) is 2.87. The number of esters is 1. The van der Waals surface area contributed by atoms with Crippen molar-refractivity contribution in [1.82, 2.24) is 9.80 Å². The second-order valence-corrected chi connectivity index (χ2v) is 5.30. The van der Waals surface area contributed by atoms with Crippen LogP contribution in [0.1, 0.15) is 33.1 Å². The third-order valence-electron chi connectivity index (χ3n) is 3.97.